The van der Waals surface area contributed by atoms with E-state index in [4.69, 9.17) is 9.72 Å². The fraction of sp³-hybridized carbons (Fsp3) is 0.360. The van der Waals surface area contributed by atoms with Crippen molar-refractivity contribution in [3.63, 3.8) is 0 Å². The zero-order valence-corrected chi connectivity index (χ0v) is 18.7. The quantitative estimate of drug-likeness (QED) is 0.615. The van der Waals surface area contributed by atoms with Crippen LogP contribution < -0.4 is 0 Å². The largest absolute Gasteiger partial charge is 0.368 e. The molecule has 1 atom stereocenters. The van der Waals surface area contributed by atoms with Crippen molar-refractivity contribution >= 4 is 22.7 Å². The summed E-state index contributed by atoms with van der Waals surface area (Å²) in [5.41, 5.74) is 2.68. The molecular weight excluding hydrogens is 418 g/mol. The van der Waals surface area contributed by atoms with Crippen molar-refractivity contribution in [1.29, 1.82) is 0 Å². The molecule has 0 N–H and O–H groups in total. The van der Waals surface area contributed by atoms with E-state index in [-0.39, 0.29) is 11.8 Å². The first kappa shape index (κ1) is 21.5. The second-order valence-corrected chi connectivity index (χ2v) is 8.55. The van der Waals surface area contributed by atoms with Gasteiger partial charge >= 0.3 is 0 Å². The van der Waals surface area contributed by atoms with Crippen molar-refractivity contribution in [2.45, 2.75) is 6.10 Å². The molecule has 4 heterocycles. The lowest BCUT2D eigenvalue weighted by Crippen LogP contribution is -2.47. The van der Waals surface area contributed by atoms with E-state index in [1.54, 1.807) is 29.4 Å². The Balaban J connectivity index is 1.44. The van der Waals surface area contributed by atoms with E-state index in [1.165, 1.54) is 0 Å². The number of benzene rings is 1. The van der Waals surface area contributed by atoms with Crippen LogP contribution in [0.3, 0.4) is 0 Å². The molecule has 33 heavy (non-hydrogen) atoms. The first-order chi connectivity index (χ1) is 16.1. The van der Waals surface area contributed by atoms with E-state index in [9.17, 15) is 9.59 Å². The summed E-state index contributed by atoms with van der Waals surface area (Å²) in [5.74, 6) is -0.0382. The Hall–Kier alpha value is -3.36. The number of aromatic nitrogens is 2. The van der Waals surface area contributed by atoms with Crippen molar-refractivity contribution in [3.05, 3.63) is 71.7 Å². The molecule has 8 heteroatoms. The number of ether oxygens (including phenoxy) is 1. The van der Waals surface area contributed by atoms with Crippen LogP contribution in [0.25, 0.3) is 10.9 Å². The van der Waals surface area contributed by atoms with Gasteiger partial charge in [0.15, 0.2) is 0 Å². The Morgan fingerprint density at radius 2 is 1.70 bits per heavy atom. The number of pyridine rings is 2. The average Bonchev–Trinajstić information content (AvgIpc) is 2.88. The molecule has 2 fully saturated rings. The number of likely N-dealkylation sites (N-methyl/N-ethyl adjacent to an activating group) is 1. The van der Waals surface area contributed by atoms with Crippen LogP contribution in [-0.2, 0) is 4.74 Å². The zero-order chi connectivity index (χ0) is 22.8. The fourth-order valence-electron chi connectivity index (χ4n) is 4.41. The molecule has 1 aromatic carbocycles. The van der Waals surface area contributed by atoms with Gasteiger partial charge in [-0.05, 0) is 31.3 Å². The maximum atomic E-state index is 13.5. The van der Waals surface area contributed by atoms with E-state index >= 15 is 0 Å². The second-order valence-electron chi connectivity index (χ2n) is 8.55. The molecule has 2 saturated heterocycles. The predicted molar refractivity (Wildman–Crippen MR) is 124 cm³/mol. The number of carbonyl (C=O) groups is 2. The number of fused-ring (bicyclic) bond motifs is 1. The Kier molecular flexibility index (Phi) is 6.02. The molecule has 2 aliphatic rings. The number of nitrogens with zero attached hydrogens (tertiary/aromatic N) is 5. The normalized spacial score (nSPS) is 19.6. The standard InChI is InChI=1S/C25H27N5O3/c1-28-10-12-29(13-11-28)25(32)20-16-22(27-21-5-3-2-4-19(20)21)23-17-30(14-15-33-23)24(31)18-6-8-26-9-7-18/h2-9,16,23H,10-15,17H2,1H3/t23-/m0/s1. The molecule has 0 unspecified atom stereocenters. The molecular formula is C25H27N5O3. The number of hydrogen-bond donors (Lipinski definition) is 0. The van der Waals surface area contributed by atoms with Gasteiger partial charge in [0.1, 0.15) is 6.10 Å². The van der Waals surface area contributed by atoms with Crippen molar-refractivity contribution in [2.24, 2.45) is 0 Å². The number of piperazine rings is 1. The molecule has 8 nitrogen and oxygen atoms in total. The molecule has 170 valence electrons. The number of amides is 2. The summed E-state index contributed by atoms with van der Waals surface area (Å²) in [6, 6.07) is 13.0. The maximum absolute atomic E-state index is 13.5. The van der Waals surface area contributed by atoms with Crippen molar-refractivity contribution < 1.29 is 14.3 Å². The van der Waals surface area contributed by atoms with E-state index in [2.05, 4.69) is 16.9 Å². The highest BCUT2D eigenvalue weighted by Gasteiger charge is 2.29. The minimum Gasteiger partial charge on any atom is -0.368 e. The monoisotopic (exact) mass is 445 g/mol. The second kappa shape index (κ2) is 9.25. The Bertz CT molecular complexity index is 1160. The number of para-hydroxylation sites is 1. The summed E-state index contributed by atoms with van der Waals surface area (Å²) < 4.78 is 6.02. The summed E-state index contributed by atoms with van der Waals surface area (Å²) in [6.07, 6.45) is 2.84. The van der Waals surface area contributed by atoms with Gasteiger partial charge in [-0.15, -0.1) is 0 Å². The first-order valence-electron chi connectivity index (χ1n) is 11.3. The molecule has 5 rings (SSSR count). The number of carbonyl (C=O) groups excluding carboxylic acids is 2. The van der Waals surface area contributed by atoms with Crippen LogP contribution in [0.15, 0.2) is 54.9 Å². The molecule has 0 bridgehead atoms. The number of morpholine rings is 1. The van der Waals surface area contributed by atoms with Gasteiger partial charge in [-0.1, -0.05) is 18.2 Å². The lowest BCUT2D eigenvalue weighted by molar-refractivity contribution is -0.0246. The van der Waals surface area contributed by atoms with Crippen LogP contribution in [0.2, 0.25) is 0 Å². The van der Waals surface area contributed by atoms with Crippen LogP contribution in [0.1, 0.15) is 32.5 Å². The summed E-state index contributed by atoms with van der Waals surface area (Å²) in [4.78, 5) is 41.2. The molecule has 0 saturated carbocycles. The van der Waals surface area contributed by atoms with Crippen LogP contribution in [0, 0.1) is 0 Å². The summed E-state index contributed by atoms with van der Waals surface area (Å²) in [7, 11) is 2.07. The molecule has 2 aromatic heterocycles. The Morgan fingerprint density at radius 1 is 0.939 bits per heavy atom. The topological polar surface area (TPSA) is 78.9 Å². The minimum atomic E-state index is -0.395. The first-order valence-corrected chi connectivity index (χ1v) is 11.3. The van der Waals surface area contributed by atoms with Gasteiger partial charge in [0.05, 0.1) is 29.9 Å². The summed E-state index contributed by atoms with van der Waals surface area (Å²) in [5, 5.41) is 0.839. The zero-order valence-electron chi connectivity index (χ0n) is 18.7. The van der Waals surface area contributed by atoms with Gasteiger partial charge in [0.2, 0.25) is 0 Å². The molecule has 2 aliphatic heterocycles. The molecule has 3 aromatic rings. The molecule has 0 radical (unpaired) electrons. The van der Waals surface area contributed by atoms with Gasteiger partial charge in [-0.2, -0.15) is 0 Å². The summed E-state index contributed by atoms with van der Waals surface area (Å²) in [6.45, 7) is 4.44. The van der Waals surface area contributed by atoms with E-state index < -0.39 is 6.10 Å². The molecule has 0 spiro atoms. The van der Waals surface area contributed by atoms with Crippen molar-refractivity contribution in [3.8, 4) is 0 Å². The van der Waals surface area contributed by atoms with Crippen molar-refractivity contribution in [2.75, 3.05) is 52.9 Å². The van der Waals surface area contributed by atoms with E-state index in [0.717, 1.165) is 24.0 Å². The third-order valence-corrected chi connectivity index (χ3v) is 6.37. The van der Waals surface area contributed by atoms with E-state index in [1.807, 2.05) is 35.2 Å². The van der Waals surface area contributed by atoms with Gasteiger partial charge in [-0.25, -0.2) is 4.98 Å². The van der Waals surface area contributed by atoms with Crippen LogP contribution in [0.4, 0.5) is 0 Å². The Morgan fingerprint density at radius 3 is 2.48 bits per heavy atom. The van der Waals surface area contributed by atoms with E-state index in [0.29, 0.717) is 49.6 Å². The highest BCUT2D eigenvalue weighted by Crippen LogP contribution is 2.27. The lowest BCUT2D eigenvalue weighted by Gasteiger charge is -2.34. The predicted octanol–water partition coefficient (Wildman–Crippen LogP) is 2.23. The highest BCUT2D eigenvalue weighted by atomic mass is 16.5. The molecule has 0 aliphatic carbocycles. The third-order valence-electron chi connectivity index (χ3n) is 6.37. The van der Waals surface area contributed by atoms with Crippen LogP contribution in [-0.4, -0.2) is 89.4 Å². The summed E-state index contributed by atoms with van der Waals surface area (Å²) >= 11 is 0. The lowest BCUT2D eigenvalue weighted by atomic mass is 10.0. The smallest absolute Gasteiger partial charge is 0.254 e. The number of hydrogen-bond acceptors (Lipinski definition) is 6. The highest BCUT2D eigenvalue weighted by molar-refractivity contribution is 6.06. The average molecular weight is 446 g/mol. The van der Waals surface area contributed by atoms with Gasteiger partial charge in [0.25, 0.3) is 11.8 Å². The molecule has 2 amide bonds. The fourth-order valence-corrected chi connectivity index (χ4v) is 4.41. The Labute approximate surface area is 192 Å². The minimum absolute atomic E-state index is 0.0171. The van der Waals surface area contributed by atoms with Gasteiger partial charge < -0.3 is 19.4 Å². The van der Waals surface area contributed by atoms with Crippen LogP contribution in [0.5, 0.6) is 0 Å². The maximum Gasteiger partial charge on any atom is 0.254 e. The van der Waals surface area contributed by atoms with Gasteiger partial charge in [-0.3, -0.25) is 14.6 Å². The number of rotatable bonds is 3. The SMILES string of the molecule is CN1CCN(C(=O)c2cc([C@@H]3CN(C(=O)c4ccncc4)CCO3)nc3ccccc23)CC1. The third kappa shape index (κ3) is 4.44. The van der Waals surface area contributed by atoms with Crippen LogP contribution >= 0.6 is 0 Å². The van der Waals surface area contributed by atoms with Gasteiger partial charge in [0, 0.05) is 56.1 Å². The van der Waals surface area contributed by atoms with Crippen molar-refractivity contribution in [1.82, 2.24) is 24.7 Å².